The van der Waals surface area contributed by atoms with Gasteiger partial charge in [-0.25, -0.2) is 4.98 Å². The van der Waals surface area contributed by atoms with Crippen LogP contribution in [0.4, 0.5) is 0 Å². The van der Waals surface area contributed by atoms with E-state index < -0.39 is 0 Å². The molecule has 4 nitrogen and oxygen atoms in total. The first-order valence-electron chi connectivity index (χ1n) is 5.33. The maximum absolute atomic E-state index is 4.48. The van der Waals surface area contributed by atoms with E-state index in [0.717, 1.165) is 10.7 Å². The summed E-state index contributed by atoms with van der Waals surface area (Å²) < 4.78 is 0. The van der Waals surface area contributed by atoms with Crippen molar-refractivity contribution in [3.63, 3.8) is 0 Å². The Bertz CT molecular complexity index is 435. The molecule has 2 N–H and O–H groups in total. The summed E-state index contributed by atoms with van der Waals surface area (Å²) in [5.74, 6) is 0. The van der Waals surface area contributed by atoms with Crippen molar-refractivity contribution in [2.24, 2.45) is 0 Å². The molecule has 2 unspecified atom stereocenters. The van der Waals surface area contributed by atoms with Gasteiger partial charge in [0, 0.05) is 29.2 Å². The number of nitrogens with one attached hydrogen (secondary N) is 2. The van der Waals surface area contributed by atoms with Crippen LogP contribution in [0.5, 0.6) is 0 Å². The Balaban J connectivity index is 2.00. The third-order valence-corrected chi connectivity index (χ3v) is 3.39. The first-order valence-corrected chi connectivity index (χ1v) is 6.21. The number of H-pyrrole nitrogens is 1. The predicted octanol–water partition coefficient (Wildman–Crippen LogP) is 2.59. The van der Waals surface area contributed by atoms with Crippen LogP contribution in [0.2, 0.25) is 0 Å². The normalized spacial score (nSPS) is 14.9. The molecule has 0 fully saturated rings. The summed E-state index contributed by atoms with van der Waals surface area (Å²) >= 11 is 1.69. The van der Waals surface area contributed by atoms with E-state index in [-0.39, 0.29) is 12.1 Å². The number of hydrogen-bond donors (Lipinski definition) is 2. The third kappa shape index (κ3) is 2.48. The van der Waals surface area contributed by atoms with Crippen LogP contribution in [0.25, 0.3) is 0 Å². The largest absolute Gasteiger partial charge is 0.302 e. The fourth-order valence-corrected chi connectivity index (χ4v) is 2.34. The van der Waals surface area contributed by atoms with E-state index in [2.05, 4.69) is 39.7 Å². The van der Waals surface area contributed by atoms with Gasteiger partial charge >= 0.3 is 0 Å². The van der Waals surface area contributed by atoms with Gasteiger partial charge in [0.1, 0.15) is 0 Å². The number of aromatic amines is 1. The lowest BCUT2D eigenvalue weighted by Gasteiger charge is -2.17. The Morgan fingerprint density at radius 1 is 1.38 bits per heavy atom. The number of aryl methyl sites for hydroxylation is 1. The zero-order valence-electron chi connectivity index (χ0n) is 9.69. The predicted molar refractivity (Wildman–Crippen MR) is 65.4 cm³/mol. The Morgan fingerprint density at radius 2 is 2.19 bits per heavy atom. The fourth-order valence-electron chi connectivity index (χ4n) is 1.63. The molecule has 0 radical (unpaired) electrons. The van der Waals surface area contributed by atoms with E-state index in [1.807, 2.05) is 19.3 Å². The molecule has 0 saturated heterocycles. The minimum atomic E-state index is 0.259. The molecule has 86 valence electrons. The zero-order valence-corrected chi connectivity index (χ0v) is 10.5. The van der Waals surface area contributed by atoms with Gasteiger partial charge in [0.25, 0.3) is 0 Å². The summed E-state index contributed by atoms with van der Waals surface area (Å²) in [6.07, 6.45) is 3.76. The van der Waals surface area contributed by atoms with Gasteiger partial charge in [-0.1, -0.05) is 0 Å². The average Bonchev–Trinajstić information content (AvgIpc) is 2.87. The highest BCUT2D eigenvalue weighted by Gasteiger charge is 2.13. The van der Waals surface area contributed by atoms with E-state index >= 15 is 0 Å². The Labute approximate surface area is 99.1 Å². The van der Waals surface area contributed by atoms with Crippen LogP contribution in [0.15, 0.2) is 17.8 Å². The molecule has 2 aromatic rings. The highest BCUT2D eigenvalue weighted by Crippen LogP contribution is 2.19. The van der Waals surface area contributed by atoms with Gasteiger partial charge in [-0.2, -0.15) is 5.10 Å². The second-order valence-corrected chi connectivity index (χ2v) is 5.00. The minimum Gasteiger partial charge on any atom is -0.302 e. The molecule has 0 aliphatic heterocycles. The SMILES string of the molecule is Cc1nc(C(C)NC(C)c2cn[nH]c2)cs1. The second-order valence-electron chi connectivity index (χ2n) is 3.93. The average molecular weight is 236 g/mol. The van der Waals surface area contributed by atoms with E-state index in [9.17, 15) is 0 Å². The van der Waals surface area contributed by atoms with Gasteiger partial charge in [-0.15, -0.1) is 11.3 Å². The monoisotopic (exact) mass is 236 g/mol. The fraction of sp³-hybridized carbons (Fsp3) is 0.455. The van der Waals surface area contributed by atoms with Crippen LogP contribution in [0.1, 0.15) is 42.2 Å². The molecule has 2 heterocycles. The van der Waals surface area contributed by atoms with Crippen LogP contribution in [-0.4, -0.2) is 15.2 Å². The quantitative estimate of drug-likeness (QED) is 0.858. The molecule has 5 heteroatoms. The van der Waals surface area contributed by atoms with Gasteiger partial charge in [-0.3, -0.25) is 5.10 Å². The molecule has 0 bridgehead atoms. The Hall–Kier alpha value is -1.20. The van der Waals surface area contributed by atoms with Crippen molar-refractivity contribution in [2.75, 3.05) is 0 Å². The summed E-state index contributed by atoms with van der Waals surface area (Å²) in [5.41, 5.74) is 2.27. The van der Waals surface area contributed by atoms with E-state index in [4.69, 9.17) is 0 Å². The lowest BCUT2D eigenvalue weighted by Crippen LogP contribution is -2.22. The number of nitrogens with zero attached hydrogens (tertiary/aromatic N) is 2. The van der Waals surface area contributed by atoms with E-state index in [1.54, 1.807) is 11.3 Å². The second kappa shape index (κ2) is 4.76. The molecule has 0 aromatic carbocycles. The van der Waals surface area contributed by atoms with Crippen LogP contribution in [0, 0.1) is 6.92 Å². The van der Waals surface area contributed by atoms with Crippen LogP contribution >= 0.6 is 11.3 Å². The molecular formula is C11H16N4S. The molecule has 16 heavy (non-hydrogen) atoms. The maximum atomic E-state index is 4.48. The van der Waals surface area contributed by atoms with Crippen molar-refractivity contribution >= 4 is 11.3 Å². The molecule has 0 saturated carbocycles. The van der Waals surface area contributed by atoms with E-state index in [0.29, 0.717) is 0 Å². The molecule has 2 atom stereocenters. The number of aromatic nitrogens is 3. The van der Waals surface area contributed by atoms with Crippen LogP contribution in [-0.2, 0) is 0 Å². The number of rotatable bonds is 4. The van der Waals surface area contributed by atoms with Crippen molar-refractivity contribution < 1.29 is 0 Å². The first-order chi connectivity index (χ1) is 7.66. The van der Waals surface area contributed by atoms with Crippen molar-refractivity contribution in [3.05, 3.63) is 34.0 Å². The van der Waals surface area contributed by atoms with Crippen molar-refractivity contribution in [2.45, 2.75) is 32.9 Å². The number of hydrogen-bond acceptors (Lipinski definition) is 4. The van der Waals surface area contributed by atoms with E-state index in [1.165, 1.54) is 5.56 Å². The van der Waals surface area contributed by atoms with Crippen molar-refractivity contribution in [1.29, 1.82) is 0 Å². The topological polar surface area (TPSA) is 53.6 Å². The molecule has 0 aliphatic carbocycles. The molecule has 2 rings (SSSR count). The first kappa shape index (κ1) is 11.3. The molecule has 0 amide bonds. The van der Waals surface area contributed by atoms with Gasteiger partial charge in [0.05, 0.1) is 16.9 Å². The minimum absolute atomic E-state index is 0.259. The Morgan fingerprint density at radius 3 is 2.75 bits per heavy atom. The highest BCUT2D eigenvalue weighted by molar-refractivity contribution is 7.09. The lowest BCUT2D eigenvalue weighted by molar-refractivity contribution is 0.487. The summed E-state index contributed by atoms with van der Waals surface area (Å²) in [7, 11) is 0. The molecule has 0 spiro atoms. The van der Waals surface area contributed by atoms with Crippen LogP contribution < -0.4 is 5.32 Å². The smallest absolute Gasteiger partial charge is 0.0898 e. The molecular weight excluding hydrogens is 220 g/mol. The molecule has 0 aliphatic rings. The number of thiazole rings is 1. The van der Waals surface area contributed by atoms with Crippen molar-refractivity contribution in [1.82, 2.24) is 20.5 Å². The highest BCUT2D eigenvalue weighted by atomic mass is 32.1. The van der Waals surface area contributed by atoms with Crippen molar-refractivity contribution in [3.8, 4) is 0 Å². The van der Waals surface area contributed by atoms with Gasteiger partial charge in [-0.05, 0) is 20.8 Å². The van der Waals surface area contributed by atoms with Gasteiger partial charge in [0.15, 0.2) is 0 Å². The lowest BCUT2D eigenvalue weighted by atomic mass is 10.1. The Kier molecular flexibility index (Phi) is 3.36. The standard InChI is InChI=1S/C11H16N4S/c1-7(10-4-12-13-5-10)14-8(2)11-6-16-9(3)15-11/h4-8,14H,1-3H3,(H,12,13). The van der Waals surface area contributed by atoms with Gasteiger partial charge in [0.2, 0.25) is 0 Å². The molecule has 2 aromatic heterocycles. The third-order valence-electron chi connectivity index (χ3n) is 2.60. The summed E-state index contributed by atoms with van der Waals surface area (Å²) in [5, 5.41) is 13.5. The van der Waals surface area contributed by atoms with Gasteiger partial charge < -0.3 is 5.32 Å². The zero-order chi connectivity index (χ0) is 11.5. The van der Waals surface area contributed by atoms with Crippen LogP contribution in [0.3, 0.4) is 0 Å². The summed E-state index contributed by atoms with van der Waals surface area (Å²) in [6, 6.07) is 0.533. The summed E-state index contributed by atoms with van der Waals surface area (Å²) in [4.78, 5) is 4.48. The summed E-state index contributed by atoms with van der Waals surface area (Å²) in [6.45, 7) is 6.28. The maximum Gasteiger partial charge on any atom is 0.0898 e.